The Bertz CT molecular complexity index is 235. The van der Waals surface area contributed by atoms with Gasteiger partial charge in [-0.05, 0) is 20.8 Å². The third-order valence-corrected chi connectivity index (χ3v) is 3.83. The van der Waals surface area contributed by atoms with E-state index in [-0.39, 0.29) is 0 Å². The van der Waals surface area contributed by atoms with Crippen molar-refractivity contribution in [1.29, 1.82) is 0 Å². The lowest BCUT2D eigenvalue weighted by atomic mass is 9.88. The van der Waals surface area contributed by atoms with Crippen molar-refractivity contribution in [3.8, 4) is 0 Å². The topological polar surface area (TPSA) is 15.7 Å². The van der Waals surface area contributed by atoms with Crippen molar-refractivity contribution >= 4 is 0 Å². The standard InChI is InChI=1S/C13H26N2O/c1-12(2,3)15-7-5-14(6-8-15)9-13(4)10-16-11-13/h5-11H2,1-4H3. The molecule has 0 saturated carbocycles. The Balaban J connectivity index is 1.77. The number of hydrogen-bond donors (Lipinski definition) is 0. The Hall–Kier alpha value is -0.120. The quantitative estimate of drug-likeness (QED) is 0.708. The molecule has 2 fully saturated rings. The molecule has 94 valence electrons. The zero-order chi connectivity index (χ0) is 11.8. The minimum absolute atomic E-state index is 0.329. The van der Waals surface area contributed by atoms with E-state index >= 15 is 0 Å². The van der Waals surface area contributed by atoms with Crippen molar-refractivity contribution in [3.63, 3.8) is 0 Å². The molecule has 2 heterocycles. The third kappa shape index (κ3) is 2.76. The van der Waals surface area contributed by atoms with Crippen LogP contribution < -0.4 is 0 Å². The molecule has 0 amide bonds. The number of nitrogens with zero attached hydrogens (tertiary/aromatic N) is 2. The highest BCUT2D eigenvalue weighted by molar-refractivity contribution is 4.88. The number of hydrogen-bond acceptors (Lipinski definition) is 3. The van der Waals surface area contributed by atoms with E-state index < -0.39 is 0 Å². The van der Waals surface area contributed by atoms with Gasteiger partial charge in [-0.15, -0.1) is 0 Å². The molecule has 3 nitrogen and oxygen atoms in total. The van der Waals surface area contributed by atoms with Gasteiger partial charge in [-0.1, -0.05) is 6.92 Å². The van der Waals surface area contributed by atoms with Gasteiger partial charge in [-0.2, -0.15) is 0 Å². The highest BCUT2D eigenvalue weighted by Crippen LogP contribution is 2.28. The van der Waals surface area contributed by atoms with Crippen molar-refractivity contribution in [2.75, 3.05) is 45.9 Å². The molecule has 2 aliphatic heterocycles. The van der Waals surface area contributed by atoms with E-state index in [0.717, 1.165) is 13.2 Å². The number of rotatable bonds is 2. The summed E-state index contributed by atoms with van der Waals surface area (Å²) in [5.74, 6) is 0. The third-order valence-electron chi connectivity index (χ3n) is 3.83. The van der Waals surface area contributed by atoms with Gasteiger partial charge in [-0.3, -0.25) is 4.90 Å². The van der Waals surface area contributed by atoms with Crippen LogP contribution in [-0.2, 0) is 4.74 Å². The fraction of sp³-hybridized carbons (Fsp3) is 1.00. The van der Waals surface area contributed by atoms with Crippen molar-refractivity contribution < 1.29 is 4.74 Å². The second-order valence-corrected chi connectivity index (χ2v) is 6.74. The first-order valence-corrected chi connectivity index (χ1v) is 6.44. The molecule has 0 aromatic rings. The maximum Gasteiger partial charge on any atom is 0.0554 e. The Labute approximate surface area is 99.7 Å². The monoisotopic (exact) mass is 226 g/mol. The normalized spacial score (nSPS) is 27.8. The second-order valence-electron chi connectivity index (χ2n) is 6.74. The van der Waals surface area contributed by atoms with Gasteiger partial charge < -0.3 is 9.64 Å². The van der Waals surface area contributed by atoms with E-state index in [0.29, 0.717) is 11.0 Å². The first kappa shape index (κ1) is 12.3. The van der Waals surface area contributed by atoms with E-state index in [4.69, 9.17) is 4.74 Å². The fourth-order valence-electron chi connectivity index (χ4n) is 2.66. The summed E-state index contributed by atoms with van der Waals surface area (Å²) in [4.78, 5) is 5.19. The summed E-state index contributed by atoms with van der Waals surface area (Å²) in [7, 11) is 0. The van der Waals surface area contributed by atoms with Crippen LogP contribution in [-0.4, -0.2) is 61.3 Å². The van der Waals surface area contributed by atoms with Crippen LogP contribution in [0.5, 0.6) is 0 Å². The predicted octanol–water partition coefficient (Wildman–Crippen LogP) is 1.44. The molecule has 2 rings (SSSR count). The van der Waals surface area contributed by atoms with Crippen molar-refractivity contribution in [3.05, 3.63) is 0 Å². The minimum atomic E-state index is 0.329. The van der Waals surface area contributed by atoms with Gasteiger partial charge in [0.2, 0.25) is 0 Å². The SMILES string of the molecule is CC1(CN2CCN(C(C)(C)C)CC2)COC1. The van der Waals surface area contributed by atoms with Crippen LogP contribution in [0.2, 0.25) is 0 Å². The van der Waals surface area contributed by atoms with Crippen LogP contribution in [0.1, 0.15) is 27.7 Å². The van der Waals surface area contributed by atoms with Gasteiger partial charge >= 0.3 is 0 Å². The van der Waals surface area contributed by atoms with Gasteiger partial charge in [0, 0.05) is 43.7 Å². The number of piperazine rings is 1. The average Bonchev–Trinajstić information content (AvgIpc) is 2.15. The highest BCUT2D eigenvalue weighted by Gasteiger charge is 2.36. The van der Waals surface area contributed by atoms with Crippen LogP contribution >= 0.6 is 0 Å². The lowest BCUT2D eigenvalue weighted by Gasteiger charge is -2.46. The number of ether oxygens (including phenoxy) is 1. The highest BCUT2D eigenvalue weighted by atomic mass is 16.5. The summed E-state index contributed by atoms with van der Waals surface area (Å²) < 4.78 is 5.32. The minimum Gasteiger partial charge on any atom is -0.380 e. The van der Waals surface area contributed by atoms with Gasteiger partial charge in [0.25, 0.3) is 0 Å². The Morgan fingerprint density at radius 2 is 1.62 bits per heavy atom. The van der Waals surface area contributed by atoms with Gasteiger partial charge in [0.05, 0.1) is 13.2 Å². The molecule has 0 atom stereocenters. The van der Waals surface area contributed by atoms with E-state index in [2.05, 4.69) is 37.5 Å². The Morgan fingerprint density at radius 3 is 2.00 bits per heavy atom. The van der Waals surface area contributed by atoms with Gasteiger partial charge in [0.1, 0.15) is 0 Å². The summed E-state index contributed by atoms with van der Waals surface area (Å²) in [5.41, 5.74) is 0.763. The Morgan fingerprint density at radius 1 is 1.06 bits per heavy atom. The molecular weight excluding hydrogens is 200 g/mol. The first-order valence-electron chi connectivity index (χ1n) is 6.44. The average molecular weight is 226 g/mol. The molecular formula is C13H26N2O. The van der Waals surface area contributed by atoms with Crippen LogP contribution in [0, 0.1) is 5.41 Å². The van der Waals surface area contributed by atoms with Crippen molar-refractivity contribution in [2.24, 2.45) is 5.41 Å². The van der Waals surface area contributed by atoms with Crippen molar-refractivity contribution in [1.82, 2.24) is 9.80 Å². The lowest BCUT2D eigenvalue weighted by Crippen LogP contribution is -2.57. The summed E-state index contributed by atoms with van der Waals surface area (Å²) in [6, 6.07) is 0. The maximum atomic E-state index is 5.32. The van der Waals surface area contributed by atoms with Crippen LogP contribution in [0.4, 0.5) is 0 Å². The maximum absolute atomic E-state index is 5.32. The summed E-state index contributed by atoms with van der Waals surface area (Å²) in [6.45, 7) is 17.2. The summed E-state index contributed by atoms with van der Waals surface area (Å²) >= 11 is 0. The van der Waals surface area contributed by atoms with Gasteiger partial charge in [0.15, 0.2) is 0 Å². The lowest BCUT2D eigenvalue weighted by molar-refractivity contribution is -0.119. The van der Waals surface area contributed by atoms with E-state index in [1.165, 1.54) is 32.7 Å². The smallest absolute Gasteiger partial charge is 0.0554 e. The van der Waals surface area contributed by atoms with Crippen molar-refractivity contribution in [2.45, 2.75) is 33.2 Å². The molecule has 0 radical (unpaired) electrons. The molecule has 3 heteroatoms. The molecule has 0 bridgehead atoms. The first-order chi connectivity index (χ1) is 7.39. The summed E-state index contributed by atoms with van der Waals surface area (Å²) in [5, 5.41) is 0. The molecule has 0 unspecified atom stereocenters. The molecule has 16 heavy (non-hydrogen) atoms. The van der Waals surface area contributed by atoms with Crippen LogP contribution in [0.15, 0.2) is 0 Å². The van der Waals surface area contributed by atoms with Gasteiger partial charge in [-0.25, -0.2) is 0 Å². The molecule has 0 spiro atoms. The van der Waals surface area contributed by atoms with E-state index in [1.807, 2.05) is 0 Å². The summed E-state index contributed by atoms with van der Waals surface area (Å²) in [6.07, 6.45) is 0. The molecule has 0 N–H and O–H groups in total. The molecule has 2 saturated heterocycles. The molecule has 0 aliphatic carbocycles. The van der Waals surface area contributed by atoms with Crippen LogP contribution in [0.25, 0.3) is 0 Å². The molecule has 2 aliphatic rings. The van der Waals surface area contributed by atoms with E-state index in [1.54, 1.807) is 0 Å². The second kappa shape index (κ2) is 4.28. The zero-order valence-corrected chi connectivity index (χ0v) is 11.3. The van der Waals surface area contributed by atoms with E-state index in [9.17, 15) is 0 Å². The predicted molar refractivity (Wildman–Crippen MR) is 66.7 cm³/mol. The molecule has 0 aromatic heterocycles. The molecule has 0 aromatic carbocycles. The van der Waals surface area contributed by atoms with Crippen LogP contribution in [0.3, 0.4) is 0 Å². The fourth-order valence-corrected chi connectivity index (χ4v) is 2.66. The largest absolute Gasteiger partial charge is 0.380 e. The Kier molecular flexibility index (Phi) is 3.30. The zero-order valence-electron chi connectivity index (χ0n) is 11.3.